The number of hydrogen-bond acceptors (Lipinski definition) is 6. The fourth-order valence-electron chi connectivity index (χ4n) is 2.88. The van der Waals surface area contributed by atoms with Gasteiger partial charge in [-0.1, -0.05) is 47.2 Å². The Kier molecular flexibility index (Phi) is 7.06. The molecule has 0 aliphatic heterocycles. The van der Waals surface area contributed by atoms with Crippen LogP contribution in [0.1, 0.15) is 18.1 Å². The Bertz CT molecular complexity index is 1180. The second kappa shape index (κ2) is 10.1. The highest BCUT2D eigenvalue weighted by atomic mass is 79.9. The van der Waals surface area contributed by atoms with Crippen molar-refractivity contribution in [1.29, 1.82) is 0 Å². The highest BCUT2D eigenvalue weighted by Gasteiger charge is 2.12. The number of rotatable bonds is 8. The summed E-state index contributed by atoms with van der Waals surface area (Å²) in [5.74, 6) is 1.29. The van der Waals surface area contributed by atoms with E-state index in [2.05, 4.69) is 31.4 Å². The van der Waals surface area contributed by atoms with Gasteiger partial charge in [-0.3, -0.25) is 5.43 Å². The molecule has 0 amide bonds. The van der Waals surface area contributed by atoms with Crippen molar-refractivity contribution in [2.24, 2.45) is 5.10 Å². The number of para-hydroxylation sites is 1. The second-order valence-electron chi connectivity index (χ2n) is 6.53. The number of aromatic nitrogens is 1. The van der Waals surface area contributed by atoms with Gasteiger partial charge in [-0.05, 0) is 70.4 Å². The molecule has 0 unspecified atom stereocenters. The van der Waals surface area contributed by atoms with E-state index in [9.17, 15) is 0 Å². The van der Waals surface area contributed by atoms with Crippen LogP contribution in [0.25, 0.3) is 10.2 Å². The summed E-state index contributed by atoms with van der Waals surface area (Å²) < 4.78 is 13.7. The van der Waals surface area contributed by atoms with Gasteiger partial charge in [0.25, 0.3) is 0 Å². The molecule has 1 heterocycles. The lowest BCUT2D eigenvalue weighted by Gasteiger charge is -2.14. The van der Waals surface area contributed by atoms with Crippen LogP contribution in [-0.2, 0) is 6.61 Å². The lowest BCUT2D eigenvalue weighted by atomic mass is 10.2. The van der Waals surface area contributed by atoms with Crippen LogP contribution in [0.5, 0.6) is 11.5 Å². The van der Waals surface area contributed by atoms with E-state index in [-0.39, 0.29) is 0 Å². The third-order valence-electron chi connectivity index (χ3n) is 4.30. The number of anilines is 1. The van der Waals surface area contributed by atoms with Crippen LogP contribution in [0.3, 0.4) is 0 Å². The number of hydrogen-bond donors (Lipinski definition) is 1. The topological polar surface area (TPSA) is 55.7 Å². The number of halogens is 2. The maximum atomic E-state index is 6.03. The van der Waals surface area contributed by atoms with Crippen LogP contribution < -0.4 is 14.9 Å². The summed E-state index contributed by atoms with van der Waals surface area (Å²) >= 11 is 11.1. The monoisotopic (exact) mass is 515 g/mol. The molecule has 1 N–H and O–H groups in total. The lowest BCUT2D eigenvalue weighted by Crippen LogP contribution is -2.01. The molecule has 4 rings (SSSR count). The Balaban J connectivity index is 1.48. The molecule has 0 saturated carbocycles. The molecule has 0 fully saturated rings. The van der Waals surface area contributed by atoms with Crippen LogP contribution in [0.15, 0.2) is 70.2 Å². The van der Waals surface area contributed by atoms with E-state index in [4.69, 9.17) is 21.1 Å². The number of nitrogens with zero attached hydrogens (tertiary/aromatic N) is 2. The minimum absolute atomic E-state index is 0.405. The first-order valence-electron chi connectivity index (χ1n) is 9.60. The summed E-state index contributed by atoms with van der Waals surface area (Å²) in [5, 5.41) is 5.76. The summed E-state index contributed by atoms with van der Waals surface area (Å²) in [7, 11) is 0. The van der Waals surface area contributed by atoms with Gasteiger partial charge in [0.15, 0.2) is 11.5 Å². The molecule has 0 atom stereocenters. The normalized spacial score (nSPS) is 11.2. The minimum atomic E-state index is 0.405. The Hall–Kier alpha value is -2.61. The smallest absolute Gasteiger partial charge is 0.204 e. The van der Waals surface area contributed by atoms with Crippen LogP contribution in [0.2, 0.25) is 5.02 Å². The highest BCUT2D eigenvalue weighted by Crippen LogP contribution is 2.37. The predicted molar refractivity (Wildman–Crippen MR) is 132 cm³/mol. The maximum absolute atomic E-state index is 6.03. The van der Waals surface area contributed by atoms with Gasteiger partial charge in [-0.2, -0.15) is 5.10 Å². The van der Waals surface area contributed by atoms with Crippen molar-refractivity contribution in [3.8, 4) is 11.5 Å². The van der Waals surface area contributed by atoms with Crippen LogP contribution in [-0.4, -0.2) is 17.8 Å². The molecule has 0 aliphatic rings. The van der Waals surface area contributed by atoms with Crippen LogP contribution >= 0.6 is 38.9 Å². The van der Waals surface area contributed by atoms with Gasteiger partial charge < -0.3 is 9.47 Å². The van der Waals surface area contributed by atoms with Gasteiger partial charge >= 0.3 is 0 Å². The molecular formula is C23H19BrClN3O2S. The quantitative estimate of drug-likeness (QED) is 0.200. The van der Waals surface area contributed by atoms with Gasteiger partial charge in [0.05, 0.1) is 27.5 Å². The van der Waals surface area contributed by atoms with Crippen LogP contribution in [0, 0.1) is 0 Å². The Labute approximate surface area is 197 Å². The summed E-state index contributed by atoms with van der Waals surface area (Å²) in [6.07, 6.45) is 1.72. The molecule has 0 saturated heterocycles. The summed E-state index contributed by atoms with van der Waals surface area (Å²) in [6, 6.07) is 19.4. The average molecular weight is 517 g/mol. The van der Waals surface area contributed by atoms with E-state index in [0.29, 0.717) is 29.7 Å². The molecule has 5 nitrogen and oxygen atoms in total. The molecule has 4 aromatic rings. The minimum Gasteiger partial charge on any atom is -0.490 e. The fourth-order valence-corrected chi connectivity index (χ4v) is 4.40. The summed E-state index contributed by atoms with van der Waals surface area (Å²) in [6.45, 7) is 2.86. The number of hydrazone groups is 1. The van der Waals surface area contributed by atoms with E-state index >= 15 is 0 Å². The highest BCUT2D eigenvalue weighted by molar-refractivity contribution is 9.10. The van der Waals surface area contributed by atoms with E-state index in [1.807, 2.05) is 67.6 Å². The number of benzene rings is 3. The van der Waals surface area contributed by atoms with Gasteiger partial charge in [-0.15, -0.1) is 0 Å². The molecule has 31 heavy (non-hydrogen) atoms. The number of ether oxygens (including phenoxy) is 2. The zero-order valence-corrected chi connectivity index (χ0v) is 19.8. The number of thiazole rings is 1. The van der Waals surface area contributed by atoms with Crippen molar-refractivity contribution in [3.05, 3.63) is 81.3 Å². The Morgan fingerprint density at radius 3 is 2.71 bits per heavy atom. The third-order valence-corrected chi connectivity index (χ3v) is 6.08. The van der Waals surface area contributed by atoms with Gasteiger partial charge in [-0.25, -0.2) is 4.98 Å². The van der Waals surface area contributed by atoms with Gasteiger partial charge in [0.1, 0.15) is 6.61 Å². The number of fused-ring (bicyclic) bond motifs is 1. The zero-order valence-electron chi connectivity index (χ0n) is 16.6. The van der Waals surface area contributed by atoms with Crippen molar-refractivity contribution in [1.82, 2.24) is 4.98 Å². The Morgan fingerprint density at radius 1 is 1.13 bits per heavy atom. The van der Waals surface area contributed by atoms with Crippen molar-refractivity contribution in [2.45, 2.75) is 13.5 Å². The third kappa shape index (κ3) is 5.55. The molecule has 8 heteroatoms. The molecule has 3 aromatic carbocycles. The maximum Gasteiger partial charge on any atom is 0.204 e. The van der Waals surface area contributed by atoms with E-state index in [0.717, 1.165) is 30.9 Å². The van der Waals surface area contributed by atoms with Crippen molar-refractivity contribution in [2.75, 3.05) is 12.0 Å². The first-order valence-corrected chi connectivity index (χ1v) is 11.6. The lowest BCUT2D eigenvalue weighted by molar-refractivity contribution is 0.267. The molecule has 0 bridgehead atoms. The first kappa shape index (κ1) is 21.6. The summed E-state index contributed by atoms with van der Waals surface area (Å²) in [4.78, 5) is 4.51. The molecule has 0 spiro atoms. The first-order chi connectivity index (χ1) is 15.1. The largest absolute Gasteiger partial charge is 0.490 e. The van der Waals surface area contributed by atoms with Gasteiger partial charge in [0, 0.05) is 5.02 Å². The Morgan fingerprint density at radius 2 is 1.94 bits per heavy atom. The average Bonchev–Trinajstić information content (AvgIpc) is 3.17. The standard InChI is InChI=1S/C23H19BrClN3O2S/c1-2-29-20-12-16(13-26-28-23-27-19-5-3-4-6-21(19)31-23)11-18(24)22(20)30-14-15-7-9-17(25)10-8-15/h3-13H,2,14H2,1H3,(H,27,28)/b26-13-. The second-order valence-corrected chi connectivity index (χ2v) is 8.86. The van der Waals surface area contributed by atoms with Crippen molar-refractivity contribution >= 4 is 60.4 Å². The van der Waals surface area contributed by atoms with Crippen molar-refractivity contribution < 1.29 is 9.47 Å². The SMILES string of the molecule is CCOc1cc(/C=N\Nc2nc3ccccc3s2)cc(Br)c1OCc1ccc(Cl)cc1. The molecule has 0 radical (unpaired) electrons. The molecule has 0 aliphatic carbocycles. The van der Waals surface area contributed by atoms with Gasteiger partial charge in [0.2, 0.25) is 5.13 Å². The molecule has 1 aromatic heterocycles. The fraction of sp³-hybridized carbons (Fsp3) is 0.130. The summed E-state index contributed by atoms with van der Waals surface area (Å²) in [5.41, 5.74) is 5.83. The van der Waals surface area contributed by atoms with E-state index in [1.54, 1.807) is 17.6 Å². The molecular weight excluding hydrogens is 498 g/mol. The predicted octanol–water partition coefficient (Wildman–Crippen LogP) is 7.14. The van der Waals surface area contributed by atoms with E-state index < -0.39 is 0 Å². The number of nitrogens with one attached hydrogen (secondary N) is 1. The van der Waals surface area contributed by atoms with Crippen molar-refractivity contribution in [3.63, 3.8) is 0 Å². The zero-order chi connectivity index (χ0) is 21.6. The molecule has 158 valence electrons. The van der Waals surface area contributed by atoms with Crippen LogP contribution in [0.4, 0.5) is 5.13 Å². The van der Waals surface area contributed by atoms with E-state index in [1.165, 1.54) is 0 Å².